The first-order valence-electron chi connectivity index (χ1n) is 8.43. The number of methoxy groups -OCH3 is 1. The van der Waals surface area contributed by atoms with E-state index in [1.165, 1.54) is 25.3 Å². The molecule has 0 spiro atoms. The number of ether oxygens (including phenoxy) is 1. The summed E-state index contributed by atoms with van der Waals surface area (Å²) in [5, 5.41) is 22.2. The minimum atomic E-state index is -1.06. The normalized spacial score (nSPS) is 13.4. The van der Waals surface area contributed by atoms with Crippen molar-refractivity contribution in [1.82, 2.24) is 0 Å². The minimum absolute atomic E-state index is 0.304. The van der Waals surface area contributed by atoms with Crippen molar-refractivity contribution in [1.29, 1.82) is 0 Å². The first kappa shape index (κ1) is 20.4. The van der Waals surface area contributed by atoms with Crippen LogP contribution in [0.1, 0.15) is 24.5 Å². The number of hydrogen-bond acceptors (Lipinski definition) is 5. The summed E-state index contributed by atoms with van der Waals surface area (Å²) < 4.78 is 18.7. The number of carbonyl (C=O) groups excluding carboxylic acids is 1. The summed E-state index contributed by atoms with van der Waals surface area (Å²) >= 11 is 0. The van der Waals surface area contributed by atoms with Crippen LogP contribution in [0.3, 0.4) is 0 Å². The first-order chi connectivity index (χ1) is 12.9. The summed E-state index contributed by atoms with van der Waals surface area (Å²) in [6.45, 7) is 0. The van der Waals surface area contributed by atoms with Crippen LogP contribution < -0.4 is 11.1 Å². The number of para-hydroxylation sites is 2. The van der Waals surface area contributed by atoms with Gasteiger partial charge in [-0.25, -0.2) is 4.39 Å². The number of phenolic OH excluding ortho intramolecular Hbond substituents is 1. The summed E-state index contributed by atoms with van der Waals surface area (Å²) in [6, 6.07) is 10.6. The molecular formula is C20H23FN2O4. The maximum atomic E-state index is 13.4. The Bertz CT molecular complexity index is 810. The van der Waals surface area contributed by atoms with E-state index in [9.17, 15) is 19.4 Å². The third-order valence-corrected chi connectivity index (χ3v) is 4.07. The number of nitrogen functional groups attached to an aromatic ring is 1. The van der Waals surface area contributed by atoms with Crippen LogP contribution in [0.4, 0.5) is 15.8 Å². The number of rotatable bonds is 8. The number of halogens is 1. The number of nitrogens with one attached hydrogen (secondary N) is 1. The maximum absolute atomic E-state index is 13.4. The summed E-state index contributed by atoms with van der Waals surface area (Å²) in [7, 11) is 1.44. The van der Waals surface area contributed by atoms with Crippen LogP contribution in [0.25, 0.3) is 0 Å². The van der Waals surface area contributed by atoms with Gasteiger partial charge in [0.05, 0.1) is 17.5 Å². The molecule has 6 nitrogen and oxygen atoms in total. The Morgan fingerprint density at radius 3 is 2.74 bits per heavy atom. The van der Waals surface area contributed by atoms with Gasteiger partial charge in [-0.3, -0.25) is 4.79 Å². The Hall–Kier alpha value is -2.90. The fourth-order valence-electron chi connectivity index (χ4n) is 2.56. The molecular weight excluding hydrogens is 351 g/mol. The standard InChI is InChI=1S/C20H23FN2O4/c1-27-18(20(26)13-10-11-17(24)14(21)12-13)8-4-5-9-19(25)23-16-7-3-2-6-15(16)22/h2-3,5-7,9-12,18,20,24,26H,4,8,22H2,1H3,(H,23,25)/b9-5+/t18-,20-/m1/s1. The maximum Gasteiger partial charge on any atom is 0.248 e. The molecule has 0 aliphatic heterocycles. The van der Waals surface area contributed by atoms with E-state index in [-0.39, 0.29) is 5.91 Å². The molecule has 2 aromatic carbocycles. The van der Waals surface area contributed by atoms with Gasteiger partial charge in [-0.05, 0) is 48.7 Å². The number of benzene rings is 2. The number of amides is 1. The van der Waals surface area contributed by atoms with E-state index in [0.717, 1.165) is 6.07 Å². The largest absolute Gasteiger partial charge is 0.505 e. The number of aliphatic hydroxyl groups is 1. The molecule has 0 fully saturated rings. The highest BCUT2D eigenvalue weighted by atomic mass is 19.1. The zero-order chi connectivity index (χ0) is 19.8. The lowest BCUT2D eigenvalue weighted by Crippen LogP contribution is -2.21. The van der Waals surface area contributed by atoms with E-state index in [1.807, 2.05) is 0 Å². The van der Waals surface area contributed by atoms with Crippen LogP contribution in [-0.4, -0.2) is 29.3 Å². The average molecular weight is 374 g/mol. The van der Waals surface area contributed by atoms with Crippen LogP contribution in [0.2, 0.25) is 0 Å². The van der Waals surface area contributed by atoms with Gasteiger partial charge in [0.15, 0.2) is 11.6 Å². The van der Waals surface area contributed by atoms with Gasteiger partial charge in [0.1, 0.15) is 6.10 Å². The molecule has 144 valence electrons. The lowest BCUT2D eigenvalue weighted by molar-refractivity contribution is -0.111. The molecule has 0 aliphatic carbocycles. The van der Waals surface area contributed by atoms with Gasteiger partial charge >= 0.3 is 0 Å². The predicted octanol–water partition coefficient (Wildman–Crippen LogP) is 3.14. The number of hydrogen-bond donors (Lipinski definition) is 4. The fraction of sp³-hybridized carbons (Fsp3) is 0.250. The van der Waals surface area contributed by atoms with Gasteiger partial charge in [0.2, 0.25) is 5.91 Å². The Morgan fingerprint density at radius 2 is 2.07 bits per heavy atom. The quantitative estimate of drug-likeness (QED) is 0.420. The van der Waals surface area contributed by atoms with Crippen molar-refractivity contribution >= 4 is 17.3 Å². The first-order valence-corrected chi connectivity index (χ1v) is 8.43. The molecule has 27 heavy (non-hydrogen) atoms. The molecule has 5 N–H and O–H groups in total. The van der Waals surface area contributed by atoms with E-state index in [2.05, 4.69) is 5.32 Å². The summed E-state index contributed by atoms with van der Waals surface area (Å²) in [5.74, 6) is -1.60. The van der Waals surface area contributed by atoms with Crippen LogP contribution in [0.15, 0.2) is 54.6 Å². The Labute approximate surface area is 157 Å². The van der Waals surface area contributed by atoms with E-state index < -0.39 is 23.8 Å². The third kappa shape index (κ3) is 5.80. The number of nitrogens with two attached hydrogens (primary N) is 1. The predicted molar refractivity (Wildman–Crippen MR) is 102 cm³/mol. The topological polar surface area (TPSA) is 105 Å². The summed E-state index contributed by atoms with van der Waals surface area (Å²) in [6.07, 6.45) is 2.27. The minimum Gasteiger partial charge on any atom is -0.505 e. The van der Waals surface area contributed by atoms with Gasteiger partial charge < -0.3 is 26.0 Å². The van der Waals surface area contributed by atoms with Crippen LogP contribution in [-0.2, 0) is 9.53 Å². The van der Waals surface area contributed by atoms with Crippen LogP contribution >= 0.6 is 0 Å². The Kier molecular flexibility index (Phi) is 7.34. The smallest absolute Gasteiger partial charge is 0.248 e. The Balaban J connectivity index is 1.87. The van der Waals surface area contributed by atoms with E-state index >= 15 is 0 Å². The molecule has 1 amide bonds. The lowest BCUT2D eigenvalue weighted by atomic mass is 10.00. The number of phenols is 1. The summed E-state index contributed by atoms with van der Waals surface area (Å²) in [5.41, 5.74) is 7.08. The van der Waals surface area contributed by atoms with E-state index in [0.29, 0.717) is 29.8 Å². The molecule has 7 heteroatoms. The Morgan fingerprint density at radius 1 is 1.33 bits per heavy atom. The van der Waals surface area contributed by atoms with Crippen molar-refractivity contribution < 1.29 is 24.1 Å². The van der Waals surface area contributed by atoms with Crippen molar-refractivity contribution in [2.24, 2.45) is 0 Å². The number of anilines is 2. The van der Waals surface area contributed by atoms with Gasteiger partial charge in [-0.1, -0.05) is 24.3 Å². The molecule has 0 aliphatic rings. The molecule has 0 saturated carbocycles. The van der Waals surface area contributed by atoms with Crippen molar-refractivity contribution in [2.45, 2.75) is 25.0 Å². The molecule has 0 saturated heterocycles. The second kappa shape index (κ2) is 9.70. The van der Waals surface area contributed by atoms with Crippen molar-refractivity contribution in [3.63, 3.8) is 0 Å². The lowest BCUT2D eigenvalue weighted by Gasteiger charge is -2.21. The molecule has 2 rings (SSSR count). The highest BCUT2D eigenvalue weighted by Crippen LogP contribution is 2.26. The molecule has 0 aromatic heterocycles. The molecule has 2 aromatic rings. The number of aliphatic hydroxyl groups excluding tert-OH is 1. The number of carbonyl (C=O) groups is 1. The highest BCUT2D eigenvalue weighted by molar-refractivity contribution is 6.01. The van der Waals surface area contributed by atoms with Crippen molar-refractivity contribution in [2.75, 3.05) is 18.2 Å². The number of allylic oxidation sites excluding steroid dienone is 1. The molecule has 2 atom stereocenters. The van der Waals surface area contributed by atoms with Gasteiger partial charge in [-0.2, -0.15) is 0 Å². The number of aromatic hydroxyl groups is 1. The van der Waals surface area contributed by atoms with Crippen LogP contribution in [0, 0.1) is 5.82 Å². The molecule has 0 bridgehead atoms. The second-order valence-electron chi connectivity index (χ2n) is 5.99. The molecule has 0 unspecified atom stereocenters. The third-order valence-electron chi connectivity index (χ3n) is 4.07. The summed E-state index contributed by atoms with van der Waals surface area (Å²) in [4.78, 5) is 11.9. The fourth-order valence-corrected chi connectivity index (χ4v) is 2.56. The second-order valence-corrected chi connectivity index (χ2v) is 5.99. The van der Waals surface area contributed by atoms with Crippen LogP contribution in [0.5, 0.6) is 5.75 Å². The zero-order valence-corrected chi connectivity index (χ0v) is 14.9. The monoisotopic (exact) mass is 374 g/mol. The van der Waals surface area contributed by atoms with Crippen molar-refractivity contribution in [3.8, 4) is 5.75 Å². The van der Waals surface area contributed by atoms with E-state index in [4.69, 9.17) is 10.5 Å². The van der Waals surface area contributed by atoms with E-state index in [1.54, 1.807) is 30.3 Å². The molecule has 0 heterocycles. The average Bonchev–Trinajstić information content (AvgIpc) is 2.65. The SMILES string of the molecule is CO[C@H](CC/C=C/C(=O)Nc1ccccc1N)[C@H](O)c1ccc(O)c(F)c1. The van der Waals surface area contributed by atoms with Crippen molar-refractivity contribution in [3.05, 3.63) is 66.0 Å². The van der Waals surface area contributed by atoms with Gasteiger partial charge in [-0.15, -0.1) is 0 Å². The molecule has 0 radical (unpaired) electrons. The highest BCUT2D eigenvalue weighted by Gasteiger charge is 2.21. The zero-order valence-electron chi connectivity index (χ0n) is 14.9. The van der Waals surface area contributed by atoms with Gasteiger partial charge in [0, 0.05) is 7.11 Å². The van der Waals surface area contributed by atoms with Gasteiger partial charge in [0.25, 0.3) is 0 Å².